The molecule has 1 saturated carbocycles. The van der Waals surface area contributed by atoms with Crippen LogP contribution in [0.4, 0.5) is 5.69 Å². The van der Waals surface area contributed by atoms with Crippen molar-refractivity contribution in [2.24, 2.45) is 11.1 Å². The predicted molar refractivity (Wildman–Crippen MR) is 74.3 cm³/mol. The van der Waals surface area contributed by atoms with Crippen molar-refractivity contribution >= 4 is 15.7 Å². The van der Waals surface area contributed by atoms with Crippen molar-refractivity contribution < 1.29 is 13.5 Å². The van der Waals surface area contributed by atoms with Gasteiger partial charge in [0.15, 0.2) is 0 Å². The number of aliphatic hydroxyl groups excluding tert-OH is 1. The summed E-state index contributed by atoms with van der Waals surface area (Å²) in [7, 11) is -3.62. The quantitative estimate of drug-likeness (QED) is 0.777. The Morgan fingerprint density at radius 2 is 1.74 bits per heavy atom. The molecule has 6 heteroatoms. The van der Waals surface area contributed by atoms with Gasteiger partial charge in [-0.3, -0.25) is 0 Å². The molecule has 0 amide bonds. The van der Waals surface area contributed by atoms with Crippen molar-refractivity contribution in [3.8, 4) is 0 Å². The van der Waals surface area contributed by atoms with Gasteiger partial charge in [0.25, 0.3) is 0 Å². The average molecular weight is 284 g/mol. The highest BCUT2D eigenvalue weighted by molar-refractivity contribution is 7.89. The SMILES string of the molecule is NS(=O)(=O)c1ccc(NCC2CCC(O)CC2)cc1. The van der Waals surface area contributed by atoms with Gasteiger partial charge in [-0.2, -0.15) is 0 Å². The number of aliphatic hydroxyl groups is 1. The minimum Gasteiger partial charge on any atom is -0.393 e. The van der Waals surface area contributed by atoms with Crippen molar-refractivity contribution in [3.63, 3.8) is 0 Å². The molecule has 1 aromatic carbocycles. The maximum absolute atomic E-state index is 11.1. The Balaban J connectivity index is 1.87. The summed E-state index contributed by atoms with van der Waals surface area (Å²) in [5.41, 5.74) is 0.888. The van der Waals surface area contributed by atoms with E-state index in [0.717, 1.165) is 37.9 Å². The maximum Gasteiger partial charge on any atom is 0.238 e. The zero-order valence-corrected chi connectivity index (χ0v) is 11.6. The molecule has 19 heavy (non-hydrogen) atoms. The highest BCUT2D eigenvalue weighted by atomic mass is 32.2. The molecule has 0 atom stereocenters. The van der Waals surface area contributed by atoms with Gasteiger partial charge in [-0.05, 0) is 55.9 Å². The molecule has 0 unspecified atom stereocenters. The van der Waals surface area contributed by atoms with Gasteiger partial charge >= 0.3 is 0 Å². The molecule has 1 fully saturated rings. The molecule has 0 aromatic heterocycles. The molecular weight excluding hydrogens is 264 g/mol. The Morgan fingerprint density at radius 3 is 2.26 bits per heavy atom. The van der Waals surface area contributed by atoms with E-state index < -0.39 is 10.0 Å². The molecule has 0 radical (unpaired) electrons. The fourth-order valence-electron chi connectivity index (χ4n) is 2.37. The Labute approximate surface area is 113 Å². The fourth-order valence-corrected chi connectivity index (χ4v) is 2.89. The van der Waals surface area contributed by atoms with Crippen molar-refractivity contribution in [1.29, 1.82) is 0 Å². The van der Waals surface area contributed by atoms with E-state index >= 15 is 0 Å². The second-order valence-electron chi connectivity index (χ2n) is 5.12. The molecule has 1 aliphatic carbocycles. The van der Waals surface area contributed by atoms with Gasteiger partial charge < -0.3 is 10.4 Å². The second kappa shape index (κ2) is 5.90. The van der Waals surface area contributed by atoms with E-state index in [1.807, 2.05) is 0 Å². The van der Waals surface area contributed by atoms with Crippen LogP contribution in [0.3, 0.4) is 0 Å². The molecule has 1 aromatic rings. The number of nitrogens with one attached hydrogen (secondary N) is 1. The summed E-state index contributed by atoms with van der Waals surface area (Å²) in [6.07, 6.45) is 3.67. The standard InChI is InChI=1S/C13H20N2O3S/c14-19(17,18)13-7-3-11(4-8-13)15-9-10-1-5-12(16)6-2-10/h3-4,7-8,10,12,15-16H,1-2,5-6,9H2,(H2,14,17,18). The number of hydrogen-bond acceptors (Lipinski definition) is 4. The third-order valence-corrected chi connectivity index (χ3v) is 4.52. The van der Waals surface area contributed by atoms with Crippen LogP contribution in [0.15, 0.2) is 29.2 Å². The number of rotatable bonds is 4. The topological polar surface area (TPSA) is 92.4 Å². The third kappa shape index (κ3) is 4.19. The van der Waals surface area contributed by atoms with Gasteiger partial charge in [-0.15, -0.1) is 0 Å². The highest BCUT2D eigenvalue weighted by Gasteiger charge is 2.18. The van der Waals surface area contributed by atoms with Gasteiger partial charge in [0, 0.05) is 12.2 Å². The molecule has 0 saturated heterocycles. The number of primary sulfonamides is 1. The van der Waals surface area contributed by atoms with Gasteiger partial charge in [0.2, 0.25) is 10.0 Å². The molecule has 0 spiro atoms. The molecule has 4 N–H and O–H groups in total. The van der Waals surface area contributed by atoms with Gasteiger partial charge in [0.05, 0.1) is 11.0 Å². The number of anilines is 1. The highest BCUT2D eigenvalue weighted by Crippen LogP contribution is 2.24. The fraction of sp³-hybridized carbons (Fsp3) is 0.538. The first kappa shape index (κ1) is 14.3. The van der Waals surface area contributed by atoms with Gasteiger partial charge in [-0.25, -0.2) is 13.6 Å². The predicted octanol–water partition coefficient (Wildman–Crippen LogP) is 1.30. The Hall–Kier alpha value is -1.11. The van der Waals surface area contributed by atoms with Crippen molar-refractivity contribution in [1.82, 2.24) is 0 Å². The van der Waals surface area contributed by atoms with E-state index in [4.69, 9.17) is 5.14 Å². The summed E-state index contributed by atoms with van der Waals surface area (Å²) in [6.45, 7) is 0.849. The monoisotopic (exact) mass is 284 g/mol. The number of hydrogen-bond donors (Lipinski definition) is 3. The number of nitrogens with two attached hydrogens (primary N) is 1. The summed E-state index contributed by atoms with van der Waals surface area (Å²) in [4.78, 5) is 0.124. The third-order valence-electron chi connectivity index (χ3n) is 3.59. The van der Waals surface area contributed by atoms with E-state index in [0.29, 0.717) is 5.92 Å². The van der Waals surface area contributed by atoms with E-state index in [-0.39, 0.29) is 11.0 Å². The van der Waals surface area contributed by atoms with E-state index in [1.54, 1.807) is 12.1 Å². The second-order valence-corrected chi connectivity index (χ2v) is 6.69. The summed E-state index contributed by atoms with van der Waals surface area (Å²) >= 11 is 0. The van der Waals surface area contributed by atoms with Crippen LogP contribution in [-0.2, 0) is 10.0 Å². The van der Waals surface area contributed by atoms with Gasteiger partial charge in [-0.1, -0.05) is 0 Å². The van der Waals surface area contributed by atoms with Crippen LogP contribution < -0.4 is 10.5 Å². The number of benzene rings is 1. The van der Waals surface area contributed by atoms with Crippen LogP contribution in [0, 0.1) is 5.92 Å². The van der Waals surface area contributed by atoms with Crippen molar-refractivity contribution in [3.05, 3.63) is 24.3 Å². The van der Waals surface area contributed by atoms with E-state index in [9.17, 15) is 13.5 Å². The smallest absolute Gasteiger partial charge is 0.238 e. The largest absolute Gasteiger partial charge is 0.393 e. The minimum absolute atomic E-state index is 0.124. The summed E-state index contributed by atoms with van der Waals surface area (Å²) in [6, 6.07) is 6.44. The normalized spacial score (nSPS) is 24.1. The van der Waals surface area contributed by atoms with Crippen LogP contribution in [0.25, 0.3) is 0 Å². The Bertz CT molecular complexity index is 505. The molecule has 0 heterocycles. The van der Waals surface area contributed by atoms with Crippen LogP contribution in [0.5, 0.6) is 0 Å². The lowest BCUT2D eigenvalue weighted by atomic mass is 9.87. The lowest BCUT2D eigenvalue weighted by molar-refractivity contribution is 0.111. The first-order valence-electron chi connectivity index (χ1n) is 6.50. The summed E-state index contributed by atoms with van der Waals surface area (Å²) in [5, 5.41) is 17.8. The Kier molecular flexibility index (Phi) is 4.44. The molecule has 106 valence electrons. The number of sulfonamides is 1. The van der Waals surface area contributed by atoms with Crippen LogP contribution >= 0.6 is 0 Å². The van der Waals surface area contributed by atoms with Crippen LogP contribution in [0.2, 0.25) is 0 Å². The molecule has 5 nitrogen and oxygen atoms in total. The minimum atomic E-state index is -3.62. The van der Waals surface area contributed by atoms with Crippen molar-refractivity contribution in [2.45, 2.75) is 36.7 Å². The molecule has 0 aliphatic heterocycles. The first-order chi connectivity index (χ1) is 8.95. The summed E-state index contributed by atoms with van der Waals surface area (Å²) in [5.74, 6) is 0.571. The summed E-state index contributed by atoms with van der Waals surface area (Å²) < 4.78 is 22.2. The lowest BCUT2D eigenvalue weighted by Gasteiger charge is -2.25. The van der Waals surface area contributed by atoms with E-state index in [1.165, 1.54) is 12.1 Å². The molecule has 1 aliphatic rings. The lowest BCUT2D eigenvalue weighted by Crippen LogP contribution is -2.23. The molecule has 0 bridgehead atoms. The zero-order chi connectivity index (χ0) is 13.9. The maximum atomic E-state index is 11.1. The van der Waals surface area contributed by atoms with Crippen LogP contribution in [-0.4, -0.2) is 26.2 Å². The van der Waals surface area contributed by atoms with Crippen LogP contribution in [0.1, 0.15) is 25.7 Å². The van der Waals surface area contributed by atoms with Gasteiger partial charge in [0.1, 0.15) is 0 Å². The van der Waals surface area contributed by atoms with Crippen molar-refractivity contribution in [2.75, 3.05) is 11.9 Å². The van der Waals surface area contributed by atoms with E-state index in [2.05, 4.69) is 5.32 Å². The Morgan fingerprint density at radius 1 is 1.16 bits per heavy atom. The first-order valence-corrected chi connectivity index (χ1v) is 8.04. The average Bonchev–Trinajstić information content (AvgIpc) is 2.37. The molecular formula is C13H20N2O3S. The zero-order valence-electron chi connectivity index (χ0n) is 10.7. The molecule has 2 rings (SSSR count).